The third-order valence-electron chi connectivity index (χ3n) is 8.34. The van der Waals surface area contributed by atoms with E-state index >= 15 is 0 Å². The molecule has 2 nitrogen and oxygen atoms in total. The molecule has 0 unspecified atom stereocenters. The number of rotatable bonds is 31. The van der Waals surface area contributed by atoms with E-state index in [2.05, 4.69) is 65.9 Å². The summed E-state index contributed by atoms with van der Waals surface area (Å²) in [6.07, 6.45) is 59.9. The molecule has 0 fully saturated rings. The Morgan fingerprint density at radius 2 is 0.750 bits per heavy atom. The minimum atomic E-state index is -0.831. The number of aliphatic hydroxyl groups excluding tert-OH is 2. The predicted molar refractivity (Wildman–Crippen MR) is 211 cm³/mol. The minimum Gasteiger partial charge on any atom is -0.377 e. The lowest BCUT2D eigenvalue weighted by molar-refractivity contribution is 0.280. The first kappa shape index (κ1) is 45.1. The Morgan fingerprint density at radius 3 is 1.19 bits per heavy atom. The van der Waals surface area contributed by atoms with Crippen LogP contribution in [0.2, 0.25) is 0 Å². The lowest BCUT2D eigenvalue weighted by atomic mass is 10.0. The highest BCUT2D eigenvalue weighted by Crippen LogP contribution is 2.14. The second kappa shape index (κ2) is 40.3. The van der Waals surface area contributed by atoms with Gasteiger partial charge in [-0.3, -0.25) is 0 Å². The summed E-state index contributed by atoms with van der Waals surface area (Å²) in [5.41, 5.74) is 0. The number of aliphatic hydroxyl groups is 2. The molecule has 0 spiro atoms. The highest BCUT2D eigenvalue weighted by atomic mass is 16.3. The van der Waals surface area contributed by atoms with Crippen LogP contribution in [0.1, 0.15) is 180 Å². The summed E-state index contributed by atoms with van der Waals surface area (Å²) in [6.45, 7) is 0. The molecule has 266 valence electrons. The Morgan fingerprint density at radius 1 is 0.417 bits per heavy atom. The van der Waals surface area contributed by atoms with Gasteiger partial charge in [-0.25, -0.2) is 0 Å². The van der Waals surface area contributed by atoms with E-state index in [4.69, 9.17) is 12.8 Å². The van der Waals surface area contributed by atoms with Crippen LogP contribution in [0.4, 0.5) is 0 Å². The van der Waals surface area contributed by atoms with Crippen molar-refractivity contribution in [3.8, 4) is 48.4 Å². The molecule has 0 aromatic heterocycles. The zero-order valence-electron chi connectivity index (χ0n) is 30.6. The van der Waals surface area contributed by atoms with Gasteiger partial charge in [-0.2, -0.15) is 0 Å². The molecule has 2 heteroatoms. The molecule has 2 N–H and O–H groups in total. The van der Waals surface area contributed by atoms with Gasteiger partial charge in [0.15, 0.2) is 6.10 Å². The summed E-state index contributed by atoms with van der Waals surface area (Å²) >= 11 is 0. The van der Waals surface area contributed by atoms with Gasteiger partial charge in [0.2, 0.25) is 0 Å². The molecule has 0 amide bonds. The Balaban J connectivity index is 3.41. The summed E-state index contributed by atoms with van der Waals surface area (Å²) in [5, 5.41) is 19.2. The van der Waals surface area contributed by atoms with Gasteiger partial charge in [0.1, 0.15) is 6.10 Å². The van der Waals surface area contributed by atoms with Gasteiger partial charge in [-0.1, -0.05) is 149 Å². The van der Waals surface area contributed by atoms with Crippen LogP contribution in [0.5, 0.6) is 0 Å². The second-order valence-electron chi connectivity index (χ2n) is 12.9. The van der Waals surface area contributed by atoms with E-state index in [1.165, 1.54) is 109 Å². The molecule has 0 saturated heterocycles. The summed E-state index contributed by atoms with van der Waals surface area (Å²) in [6, 6.07) is 0. The molecule has 0 heterocycles. The van der Waals surface area contributed by atoms with Crippen LogP contribution in [0, 0.1) is 48.4 Å². The van der Waals surface area contributed by atoms with Crippen LogP contribution in [-0.4, -0.2) is 22.4 Å². The number of hydrogen-bond acceptors (Lipinski definition) is 2. The van der Waals surface area contributed by atoms with Crippen molar-refractivity contribution in [1.29, 1.82) is 0 Å². The van der Waals surface area contributed by atoms with Crippen molar-refractivity contribution in [3.05, 3.63) is 48.6 Å². The maximum Gasteiger partial charge on any atom is 0.176 e. The zero-order valence-corrected chi connectivity index (χ0v) is 30.6. The normalized spacial score (nSPS) is 12.6. The maximum atomic E-state index is 9.91. The van der Waals surface area contributed by atoms with E-state index in [0.29, 0.717) is 0 Å². The molecule has 0 aliphatic heterocycles. The highest BCUT2D eigenvalue weighted by Gasteiger charge is 1.95. The first-order valence-electron chi connectivity index (χ1n) is 19.6. The molecule has 2 atom stereocenters. The van der Waals surface area contributed by atoms with Crippen LogP contribution in [0.3, 0.4) is 0 Å². The quantitative estimate of drug-likeness (QED) is 0.0444. The van der Waals surface area contributed by atoms with E-state index in [-0.39, 0.29) is 0 Å². The Labute approximate surface area is 298 Å². The number of hydrogen-bond donors (Lipinski definition) is 2. The average Bonchev–Trinajstić information content (AvgIpc) is 3.09. The zero-order chi connectivity index (χ0) is 34.9. The molecule has 0 aromatic carbocycles. The van der Waals surface area contributed by atoms with Crippen LogP contribution < -0.4 is 0 Å². The maximum absolute atomic E-state index is 9.91. The first-order valence-corrected chi connectivity index (χ1v) is 19.6. The second-order valence-corrected chi connectivity index (χ2v) is 12.9. The van der Waals surface area contributed by atoms with Crippen LogP contribution >= 0.6 is 0 Å². The van der Waals surface area contributed by atoms with Crippen LogP contribution in [0.15, 0.2) is 48.6 Å². The topological polar surface area (TPSA) is 40.5 Å². The fourth-order valence-corrected chi connectivity index (χ4v) is 5.40. The summed E-state index contributed by atoms with van der Waals surface area (Å²) in [7, 11) is 0. The van der Waals surface area contributed by atoms with Gasteiger partial charge < -0.3 is 10.2 Å². The van der Waals surface area contributed by atoms with Crippen molar-refractivity contribution in [3.63, 3.8) is 0 Å². The SMILES string of the molecule is C#C/C=C\CCCCCCCCCCCCCC/C=C\CCCC/C=C\CCCCC#C[C@@H](O)C#CCCCCCC/C=C/[C@@H](O)C#C. The molecule has 0 saturated carbocycles. The van der Waals surface area contributed by atoms with Crippen molar-refractivity contribution in [2.24, 2.45) is 0 Å². The van der Waals surface area contributed by atoms with E-state index in [0.717, 1.165) is 70.6 Å². The monoisotopic (exact) mass is 655 g/mol. The first-order chi connectivity index (χ1) is 23.7. The van der Waals surface area contributed by atoms with Crippen molar-refractivity contribution >= 4 is 0 Å². The Kier molecular flexibility index (Phi) is 37.9. The number of allylic oxidation sites excluding steroid dienone is 7. The lowest BCUT2D eigenvalue weighted by Gasteiger charge is -2.02. The molecular formula is C46H70O2. The van der Waals surface area contributed by atoms with E-state index < -0.39 is 12.2 Å². The minimum absolute atomic E-state index is 0.768. The third-order valence-corrected chi connectivity index (χ3v) is 8.34. The largest absolute Gasteiger partial charge is 0.377 e. The van der Waals surface area contributed by atoms with Gasteiger partial charge >= 0.3 is 0 Å². The molecule has 0 rings (SSSR count). The van der Waals surface area contributed by atoms with Crippen molar-refractivity contribution in [2.75, 3.05) is 0 Å². The average molecular weight is 655 g/mol. The third kappa shape index (κ3) is 39.3. The summed E-state index contributed by atoms with van der Waals surface area (Å²) < 4.78 is 0. The van der Waals surface area contributed by atoms with E-state index in [9.17, 15) is 10.2 Å². The van der Waals surface area contributed by atoms with Crippen molar-refractivity contribution in [1.82, 2.24) is 0 Å². The van der Waals surface area contributed by atoms with Crippen molar-refractivity contribution in [2.45, 2.75) is 192 Å². The Bertz CT molecular complexity index is 1020. The molecule has 0 aromatic rings. The molecule has 48 heavy (non-hydrogen) atoms. The lowest BCUT2D eigenvalue weighted by Crippen LogP contribution is -1.97. The van der Waals surface area contributed by atoms with Crippen LogP contribution in [0.25, 0.3) is 0 Å². The fourth-order valence-electron chi connectivity index (χ4n) is 5.40. The predicted octanol–water partition coefficient (Wildman–Crippen LogP) is 12.1. The highest BCUT2D eigenvalue weighted by molar-refractivity contribution is 5.19. The van der Waals surface area contributed by atoms with Gasteiger partial charge in [0.25, 0.3) is 0 Å². The summed E-state index contributed by atoms with van der Waals surface area (Å²) in [4.78, 5) is 0. The smallest absolute Gasteiger partial charge is 0.176 e. The molecule has 0 aliphatic rings. The van der Waals surface area contributed by atoms with Gasteiger partial charge in [-0.15, -0.1) is 12.8 Å². The molecule has 0 bridgehead atoms. The van der Waals surface area contributed by atoms with E-state index in [1.54, 1.807) is 6.08 Å². The number of terminal acetylenes is 2. The standard InChI is InChI=1S/C46H70O2/c1-3-5-6-7-8-9-10-11-12-13-14-15-16-17-18-19-20-21-22-23-24-25-26-27-28-29-30-34-37-40-43-46(48)44-41-38-35-32-31-33-36-39-42-45(47)4-2/h1-2,5-6,21-22,27-28,39,42,45-48H,7-20,23-26,29-38H2/b6-5-,22-21-,28-27-,42-39+/t45-,46+/m0/s1. The van der Waals surface area contributed by atoms with E-state index in [1.807, 2.05) is 12.2 Å². The van der Waals surface area contributed by atoms with Gasteiger partial charge in [-0.05, 0) is 102 Å². The van der Waals surface area contributed by atoms with Crippen molar-refractivity contribution < 1.29 is 10.2 Å². The number of unbranched alkanes of at least 4 members (excludes halogenated alkanes) is 24. The molecular weight excluding hydrogens is 585 g/mol. The molecule has 0 aliphatic carbocycles. The van der Waals surface area contributed by atoms with Gasteiger partial charge in [0, 0.05) is 12.8 Å². The fraction of sp³-hybridized carbons (Fsp3) is 0.652. The summed E-state index contributed by atoms with van der Waals surface area (Å²) in [5.74, 6) is 16.6. The molecule has 0 radical (unpaired) electrons. The van der Waals surface area contributed by atoms with Crippen LogP contribution in [-0.2, 0) is 0 Å². The Hall–Kier alpha value is -2.88. The van der Waals surface area contributed by atoms with Gasteiger partial charge in [0.05, 0.1) is 0 Å².